The van der Waals surface area contributed by atoms with Crippen molar-refractivity contribution >= 4 is 11.7 Å². The molecule has 5 nitrogen and oxygen atoms in total. The van der Waals surface area contributed by atoms with Gasteiger partial charge in [0.15, 0.2) is 0 Å². The second-order valence-electron chi connectivity index (χ2n) is 7.13. The highest BCUT2D eigenvalue weighted by molar-refractivity contribution is 6.08. The van der Waals surface area contributed by atoms with Crippen LogP contribution in [0, 0.1) is 0 Å². The van der Waals surface area contributed by atoms with Crippen molar-refractivity contribution in [1.82, 2.24) is 9.88 Å². The Bertz CT molecular complexity index is 1020. The molecule has 2 heterocycles. The number of carbonyl (C=O) groups is 2. The molecule has 0 saturated heterocycles. The molecule has 2 aromatic carbocycles. The third-order valence-electron chi connectivity index (χ3n) is 5.27. The predicted octanol–water partition coefficient (Wildman–Crippen LogP) is 3.92. The molecule has 3 aromatic rings. The van der Waals surface area contributed by atoms with E-state index in [1.165, 1.54) is 0 Å². The summed E-state index contributed by atoms with van der Waals surface area (Å²) in [5, 5.41) is 3.03. The Morgan fingerprint density at radius 2 is 1.90 bits per heavy atom. The van der Waals surface area contributed by atoms with Crippen molar-refractivity contribution in [1.29, 1.82) is 0 Å². The molecular formula is C24H24N2O3. The summed E-state index contributed by atoms with van der Waals surface area (Å²) in [7, 11) is 0. The van der Waals surface area contributed by atoms with Gasteiger partial charge >= 0.3 is 0 Å². The standard InChI is InChI=1S/C24H24N2O3/c1-2-29-19-10-6-7-17(15-19)16-25-24(28)20-13-14-26-21(20)11-12-22(26)23(27)18-8-4-3-5-9-18/h3-12,15,20H,2,13-14,16H2,1H3,(H,25,28)/t20-/m0/s1. The van der Waals surface area contributed by atoms with Crippen LogP contribution in [0.3, 0.4) is 0 Å². The van der Waals surface area contributed by atoms with E-state index in [0.29, 0.717) is 37.4 Å². The van der Waals surface area contributed by atoms with Gasteiger partial charge in [0, 0.05) is 24.3 Å². The van der Waals surface area contributed by atoms with Crippen molar-refractivity contribution in [2.75, 3.05) is 6.61 Å². The molecule has 1 N–H and O–H groups in total. The van der Waals surface area contributed by atoms with Gasteiger partial charge < -0.3 is 14.6 Å². The Kier molecular flexibility index (Phi) is 5.47. The number of ketones is 1. The van der Waals surface area contributed by atoms with Gasteiger partial charge in [0.05, 0.1) is 18.2 Å². The molecule has 1 aromatic heterocycles. The summed E-state index contributed by atoms with van der Waals surface area (Å²) in [6.45, 7) is 3.68. The number of hydrogen-bond donors (Lipinski definition) is 1. The lowest BCUT2D eigenvalue weighted by molar-refractivity contribution is -0.122. The van der Waals surface area contributed by atoms with Gasteiger partial charge in [-0.25, -0.2) is 0 Å². The van der Waals surface area contributed by atoms with Gasteiger partial charge in [-0.3, -0.25) is 9.59 Å². The molecule has 1 amide bonds. The lowest BCUT2D eigenvalue weighted by Crippen LogP contribution is -2.27. The Hall–Kier alpha value is -3.34. The molecule has 0 aliphatic carbocycles. The minimum atomic E-state index is -0.234. The molecule has 0 radical (unpaired) electrons. The molecule has 0 unspecified atom stereocenters. The average molecular weight is 388 g/mol. The largest absolute Gasteiger partial charge is 0.494 e. The third kappa shape index (κ3) is 3.94. The van der Waals surface area contributed by atoms with E-state index in [-0.39, 0.29) is 17.6 Å². The first-order valence-electron chi connectivity index (χ1n) is 9.96. The van der Waals surface area contributed by atoms with Crippen molar-refractivity contribution in [2.45, 2.75) is 32.4 Å². The zero-order chi connectivity index (χ0) is 20.2. The number of carbonyl (C=O) groups excluding carboxylic acids is 2. The van der Waals surface area contributed by atoms with Crippen LogP contribution >= 0.6 is 0 Å². The second kappa shape index (κ2) is 8.35. The minimum absolute atomic E-state index is 0.00866. The molecular weight excluding hydrogens is 364 g/mol. The minimum Gasteiger partial charge on any atom is -0.494 e. The van der Waals surface area contributed by atoms with Crippen LogP contribution < -0.4 is 10.1 Å². The van der Waals surface area contributed by atoms with E-state index >= 15 is 0 Å². The SMILES string of the molecule is CCOc1cccc(CNC(=O)[C@H]2CCn3c(C(=O)c4ccccc4)ccc32)c1. The molecule has 0 spiro atoms. The summed E-state index contributed by atoms with van der Waals surface area (Å²) < 4.78 is 7.49. The fourth-order valence-electron chi connectivity index (χ4n) is 3.87. The van der Waals surface area contributed by atoms with Gasteiger partial charge in [-0.1, -0.05) is 42.5 Å². The van der Waals surface area contributed by atoms with Crippen LogP contribution in [0.2, 0.25) is 0 Å². The van der Waals surface area contributed by atoms with Gasteiger partial charge in [0.1, 0.15) is 5.75 Å². The van der Waals surface area contributed by atoms with Crippen molar-refractivity contribution in [3.63, 3.8) is 0 Å². The number of rotatable bonds is 7. The highest BCUT2D eigenvalue weighted by Gasteiger charge is 2.31. The summed E-state index contributed by atoms with van der Waals surface area (Å²) in [4.78, 5) is 25.6. The zero-order valence-electron chi connectivity index (χ0n) is 16.4. The molecule has 1 aliphatic heterocycles. The molecule has 0 saturated carbocycles. The van der Waals surface area contributed by atoms with Crippen molar-refractivity contribution in [3.8, 4) is 5.75 Å². The van der Waals surface area contributed by atoms with Gasteiger partial charge in [-0.2, -0.15) is 0 Å². The van der Waals surface area contributed by atoms with Crippen LogP contribution in [0.5, 0.6) is 5.75 Å². The predicted molar refractivity (Wildman–Crippen MR) is 111 cm³/mol. The molecule has 1 atom stereocenters. The first-order valence-corrected chi connectivity index (χ1v) is 9.96. The molecule has 1 aliphatic rings. The first-order chi connectivity index (χ1) is 14.2. The van der Waals surface area contributed by atoms with E-state index in [0.717, 1.165) is 17.0 Å². The molecule has 0 bridgehead atoms. The van der Waals surface area contributed by atoms with E-state index in [4.69, 9.17) is 4.74 Å². The van der Waals surface area contributed by atoms with E-state index in [1.54, 1.807) is 0 Å². The lowest BCUT2D eigenvalue weighted by atomic mass is 10.0. The van der Waals surface area contributed by atoms with Crippen LogP contribution in [0.15, 0.2) is 66.7 Å². The number of ether oxygens (including phenoxy) is 1. The normalized spacial score (nSPS) is 15.0. The Morgan fingerprint density at radius 3 is 2.69 bits per heavy atom. The van der Waals surface area contributed by atoms with Crippen LogP contribution in [0.25, 0.3) is 0 Å². The van der Waals surface area contributed by atoms with Gasteiger partial charge in [0.2, 0.25) is 11.7 Å². The van der Waals surface area contributed by atoms with Gasteiger partial charge in [-0.15, -0.1) is 0 Å². The molecule has 0 fully saturated rings. The quantitative estimate of drug-likeness (QED) is 0.624. The van der Waals surface area contributed by atoms with Crippen LogP contribution in [0.4, 0.5) is 0 Å². The van der Waals surface area contributed by atoms with Crippen molar-refractivity contribution in [2.24, 2.45) is 0 Å². The summed E-state index contributed by atoms with van der Waals surface area (Å²) in [5.41, 5.74) is 3.21. The maximum absolute atomic E-state index is 12.8. The number of amides is 1. The fourth-order valence-corrected chi connectivity index (χ4v) is 3.87. The number of nitrogens with one attached hydrogen (secondary N) is 1. The van der Waals surface area contributed by atoms with Crippen LogP contribution in [-0.2, 0) is 17.9 Å². The summed E-state index contributed by atoms with van der Waals surface area (Å²) in [6.07, 6.45) is 0.704. The Balaban J connectivity index is 1.44. The maximum Gasteiger partial charge on any atom is 0.229 e. The van der Waals surface area contributed by atoms with Crippen LogP contribution in [-0.4, -0.2) is 22.9 Å². The zero-order valence-corrected chi connectivity index (χ0v) is 16.4. The topological polar surface area (TPSA) is 60.3 Å². The number of nitrogens with zero attached hydrogens (tertiary/aromatic N) is 1. The summed E-state index contributed by atoms with van der Waals surface area (Å²) in [6, 6.07) is 20.7. The van der Waals surface area contributed by atoms with Crippen molar-refractivity contribution < 1.29 is 14.3 Å². The highest BCUT2D eigenvalue weighted by Crippen LogP contribution is 2.31. The third-order valence-corrected chi connectivity index (χ3v) is 5.27. The summed E-state index contributed by atoms with van der Waals surface area (Å²) >= 11 is 0. The van der Waals surface area contributed by atoms with Crippen LogP contribution in [0.1, 0.15) is 46.6 Å². The average Bonchev–Trinajstić information content (AvgIpc) is 3.35. The number of benzene rings is 2. The Morgan fingerprint density at radius 1 is 1.07 bits per heavy atom. The number of hydrogen-bond acceptors (Lipinski definition) is 3. The lowest BCUT2D eigenvalue weighted by Gasteiger charge is -2.12. The van der Waals surface area contributed by atoms with Gasteiger partial charge in [-0.05, 0) is 43.2 Å². The summed E-state index contributed by atoms with van der Waals surface area (Å²) in [5.74, 6) is 0.550. The maximum atomic E-state index is 12.8. The molecule has 29 heavy (non-hydrogen) atoms. The number of fused-ring (bicyclic) bond motifs is 1. The highest BCUT2D eigenvalue weighted by atomic mass is 16.5. The van der Waals surface area contributed by atoms with Crippen molar-refractivity contribution in [3.05, 3.63) is 89.2 Å². The van der Waals surface area contributed by atoms with E-state index in [9.17, 15) is 9.59 Å². The van der Waals surface area contributed by atoms with E-state index < -0.39 is 0 Å². The Labute approximate surface area is 170 Å². The molecule has 5 heteroatoms. The molecule has 4 rings (SSSR count). The smallest absolute Gasteiger partial charge is 0.229 e. The molecule has 148 valence electrons. The first kappa shape index (κ1) is 19.0. The van der Waals surface area contributed by atoms with Gasteiger partial charge in [0.25, 0.3) is 0 Å². The monoisotopic (exact) mass is 388 g/mol. The second-order valence-corrected chi connectivity index (χ2v) is 7.13. The fraction of sp³-hybridized carbons (Fsp3) is 0.250. The number of aromatic nitrogens is 1. The van der Waals surface area contributed by atoms with E-state index in [2.05, 4.69) is 5.32 Å². The van der Waals surface area contributed by atoms with E-state index in [1.807, 2.05) is 78.2 Å².